The molecule has 2 rings (SSSR count). The first kappa shape index (κ1) is 16.5. The van der Waals surface area contributed by atoms with Crippen molar-refractivity contribution in [3.05, 3.63) is 68.9 Å². The van der Waals surface area contributed by atoms with Gasteiger partial charge in [-0.1, -0.05) is 51.8 Å². The van der Waals surface area contributed by atoms with Crippen LogP contribution in [0.15, 0.2) is 46.9 Å². The molecule has 0 bridgehead atoms. The van der Waals surface area contributed by atoms with E-state index in [0.29, 0.717) is 22.9 Å². The van der Waals surface area contributed by atoms with E-state index in [1.807, 2.05) is 25.2 Å². The summed E-state index contributed by atoms with van der Waals surface area (Å²) in [6, 6.07) is 13.1. The van der Waals surface area contributed by atoms with Crippen LogP contribution in [-0.2, 0) is 12.8 Å². The average Bonchev–Trinajstić information content (AvgIpc) is 2.44. The van der Waals surface area contributed by atoms with Gasteiger partial charge in [0.05, 0.1) is 0 Å². The first-order chi connectivity index (χ1) is 10.1. The van der Waals surface area contributed by atoms with Crippen LogP contribution in [0, 0.1) is 11.7 Å². The van der Waals surface area contributed by atoms with Crippen LogP contribution in [0.2, 0.25) is 5.02 Å². The highest BCUT2D eigenvalue weighted by Gasteiger charge is 2.14. The molecule has 0 saturated carbocycles. The third-order valence-corrected chi connectivity index (χ3v) is 4.49. The van der Waals surface area contributed by atoms with Gasteiger partial charge in [-0.3, -0.25) is 0 Å². The summed E-state index contributed by atoms with van der Waals surface area (Å²) in [5, 5.41) is 3.63. The molecule has 0 spiro atoms. The van der Waals surface area contributed by atoms with Gasteiger partial charge in [-0.15, -0.1) is 0 Å². The molecule has 1 N–H and O–H groups in total. The van der Waals surface area contributed by atoms with Gasteiger partial charge in [-0.25, -0.2) is 4.39 Å². The number of hydrogen-bond acceptors (Lipinski definition) is 1. The van der Waals surface area contributed by atoms with Crippen molar-refractivity contribution in [1.82, 2.24) is 5.32 Å². The molecule has 0 aromatic heterocycles. The molecule has 2 aromatic rings. The molecule has 0 aliphatic rings. The molecule has 0 aliphatic carbocycles. The smallest absolute Gasteiger partial charge is 0.127 e. The van der Waals surface area contributed by atoms with E-state index in [1.165, 1.54) is 11.6 Å². The van der Waals surface area contributed by atoms with Crippen LogP contribution in [0.5, 0.6) is 0 Å². The lowest BCUT2D eigenvalue weighted by Crippen LogP contribution is -2.23. The molecule has 0 amide bonds. The molecular formula is C17H18BrClFN. The van der Waals surface area contributed by atoms with Crippen molar-refractivity contribution < 1.29 is 4.39 Å². The highest BCUT2D eigenvalue weighted by atomic mass is 79.9. The zero-order chi connectivity index (χ0) is 15.2. The van der Waals surface area contributed by atoms with E-state index in [1.54, 1.807) is 12.1 Å². The largest absolute Gasteiger partial charge is 0.319 e. The Morgan fingerprint density at radius 2 is 1.86 bits per heavy atom. The fraction of sp³-hybridized carbons (Fsp3) is 0.294. The van der Waals surface area contributed by atoms with Gasteiger partial charge in [0.25, 0.3) is 0 Å². The SMILES string of the molecule is CNCC(Cc1ccc(Cl)cc1F)Cc1ccccc1Br. The van der Waals surface area contributed by atoms with Crippen LogP contribution in [0.25, 0.3) is 0 Å². The Morgan fingerprint density at radius 3 is 2.52 bits per heavy atom. The van der Waals surface area contributed by atoms with Crippen molar-refractivity contribution >= 4 is 27.5 Å². The summed E-state index contributed by atoms with van der Waals surface area (Å²) in [5.41, 5.74) is 1.96. The molecule has 1 unspecified atom stereocenters. The zero-order valence-corrected chi connectivity index (χ0v) is 14.2. The van der Waals surface area contributed by atoms with Crippen molar-refractivity contribution in [2.24, 2.45) is 5.92 Å². The van der Waals surface area contributed by atoms with Gasteiger partial charge in [0, 0.05) is 9.50 Å². The maximum absolute atomic E-state index is 14.0. The van der Waals surface area contributed by atoms with Crippen molar-refractivity contribution in [2.45, 2.75) is 12.8 Å². The number of hydrogen-bond donors (Lipinski definition) is 1. The molecule has 21 heavy (non-hydrogen) atoms. The third kappa shape index (κ3) is 4.80. The first-order valence-electron chi connectivity index (χ1n) is 6.92. The summed E-state index contributed by atoms with van der Waals surface area (Å²) in [6.45, 7) is 0.837. The number of nitrogens with one attached hydrogen (secondary N) is 1. The van der Waals surface area contributed by atoms with Gasteiger partial charge >= 0.3 is 0 Å². The van der Waals surface area contributed by atoms with E-state index in [2.05, 4.69) is 27.3 Å². The maximum atomic E-state index is 14.0. The van der Waals surface area contributed by atoms with Crippen molar-refractivity contribution in [3.8, 4) is 0 Å². The lowest BCUT2D eigenvalue weighted by Gasteiger charge is -2.18. The standard InChI is InChI=1S/C17H18BrClFN/c1-21-11-12(8-13-4-2-3-5-16(13)18)9-14-6-7-15(19)10-17(14)20/h2-7,10,12,21H,8-9,11H2,1H3. The molecule has 0 saturated heterocycles. The van der Waals surface area contributed by atoms with Crippen LogP contribution in [0.3, 0.4) is 0 Å². The van der Waals surface area contributed by atoms with E-state index < -0.39 is 0 Å². The van der Waals surface area contributed by atoms with Crippen molar-refractivity contribution in [3.63, 3.8) is 0 Å². The summed E-state index contributed by atoms with van der Waals surface area (Å²) in [5.74, 6) is 0.0973. The Hall–Kier alpha value is -0.900. The quantitative estimate of drug-likeness (QED) is 0.765. The number of rotatable bonds is 6. The molecule has 0 radical (unpaired) electrons. The number of halogens is 3. The molecule has 2 aromatic carbocycles. The Labute approximate surface area is 138 Å². The number of benzene rings is 2. The van der Waals surface area contributed by atoms with E-state index in [9.17, 15) is 4.39 Å². The minimum atomic E-state index is -0.226. The summed E-state index contributed by atoms with van der Waals surface area (Å²) < 4.78 is 15.1. The fourth-order valence-corrected chi connectivity index (χ4v) is 3.08. The van der Waals surface area contributed by atoms with Gasteiger partial charge in [0.1, 0.15) is 5.82 Å². The normalized spacial score (nSPS) is 12.4. The Kier molecular flexibility index (Phi) is 6.22. The van der Waals surface area contributed by atoms with Gasteiger partial charge in [0.2, 0.25) is 0 Å². The van der Waals surface area contributed by atoms with Crippen LogP contribution in [-0.4, -0.2) is 13.6 Å². The zero-order valence-electron chi connectivity index (χ0n) is 11.9. The highest BCUT2D eigenvalue weighted by Crippen LogP contribution is 2.23. The second-order valence-electron chi connectivity index (χ2n) is 5.16. The van der Waals surface area contributed by atoms with Gasteiger partial charge in [-0.05, 0) is 61.7 Å². The molecule has 4 heteroatoms. The van der Waals surface area contributed by atoms with E-state index >= 15 is 0 Å². The minimum Gasteiger partial charge on any atom is -0.319 e. The molecule has 112 valence electrons. The van der Waals surface area contributed by atoms with Crippen molar-refractivity contribution in [1.29, 1.82) is 0 Å². The van der Waals surface area contributed by atoms with Gasteiger partial charge in [-0.2, -0.15) is 0 Å². The second-order valence-corrected chi connectivity index (χ2v) is 6.45. The summed E-state index contributed by atoms with van der Waals surface area (Å²) in [6.07, 6.45) is 1.58. The maximum Gasteiger partial charge on any atom is 0.127 e. The minimum absolute atomic E-state index is 0.226. The first-order valence-corrected chi connectivity index (χ1v) is 8.09. The summed E-state index contributed by atoms with van der Waals surface area (Å²) in [4.78, 5) is 0. The molecule has 1 atom stereocenters. The highest BCUT2D eigenvalue weighted by molar-refractivity contribution is 9.10. The van der Waals surface area contributed by atoms with Crippen molar-refractivity contribution in [2.75, 3.05) is 13.6 Å². The Balaban J connectivity index is 2.14. The predicted molar refractivity (Wildman–Crippen MR) is 90.4 cm³/mol. The van der Waals surface area contributed by atoms with Crippen LogP contribution in [0.4, 0.5) is 4.39 Å². The third-order valence-electron chi connectivity index (χ3n) is 3.48. The Bertz CT molecular complexity index is 603. The topological polar surface area (TPSA) is 12.0 Å². The lowest BCUT2D eigenvalue weighted by atomic mass is 9.92. The molecule has 0 fully saturated rings. The summed E-state index contributed by atoms with van der Waals surface area (Å²) in [7, 11) is 1.92. The second kappa shape index (κ2) is 7.92. The average molecular weight is 371 g/mol. The van der Waals surface area contributed by atoms with Crippen LogP contribution >= 0.6 is 27.5 Å². The van der Waals surface area contributed by atoms with Gasteiger partial charge < -0.3 is 5.32 Å². The van der Waals surface area contributed by atoms with Crippen LogP contribution < -0.4 is 5.32 Å². The van der Waals surface area contributed by atoms with E-state index in [-0.39, 0.29) is 5.82 Å². The fourth-order valence-electron chi connectivity index (χ4n) is 2.48. The summed E-state index contributed by atoms with van der Waals surface area (Å²) >= 11 is 9.38. The van der Waals surface area contributed by atoms with E-state index in [4.69, 9.17) is 11.6 Å². The lowest BCUT2D eigenvalue weighted by molar-refractivity contribution is 0.479. The Morgan fingerprint density at radius 1 is 1.14 bits per heavy atom. The molecular weight excluding hydrogens is 353 g/mol. The molecule has 0 aliphatic heterocycles. The molecule has 0 heterocycles. The monoisotopic (exact) mass is 369 g/mol. The van der Waals surface area contributed by atoms with Gasteiger partial charge in [0.15, 0.2) is 0 Å². The van der Waals surface area contributed by atoms with Crippen LogP contribution in [0.1, 0.15) is 11.1 Å². The predicted octanol–water partition coefficient (Wildman–Crippen LogP) is 4.86. The molecule has 1 nitrogen and oxygen atoms in total. The van der Waals surface area contributed by atoms with E-state index in [0.717, 1.165) is 17.4 Å².